The molecule has 0 unspecified atom stereocenters. The van der Waals surface area contributed by atoms with Crippen LogP contribution < -0.4 is 10.1 Å². The lowest BCUT2D eigenvalue weighted by Crippen LogP contribution is -2.35. The summed E-state index contributed by atoms with van der Waals surface area (Å²) >= 11 is 0. The van der Waals surface area contributed by atoms with E-state index in [0.29, 0.717) is 12.4 Å². The van der Waals surface area contributed by atoms with Crippen LogP contribution in [0.4, 0.5) is 4.39 Å². The van der Waals surface area contributed by atoms with Crippen molar-refractivity contribution in [3.05, 3.63) is 42.0 Å². The van der Waals surface area contributed by atoms with E-state index in [1.807, 2.05) is 0 Å². The number of methoxy groups -OCH3 is 1. The van der Waals surface area contributed by atoms with E-state index in [1.165, 1.54) is 13.2 Å². The first kappa shape index (κ1) is 15.4. The third-order valence-corrected chi connectivity index (χ3v) is 2.94. The second-order valence-corrected chi connectivity index (χ2v) is 5.87. The highest BCUT2D eigenvalue weighted by Gasteiger charge is 2.10. The Bertz CT molecular complexity index is 606. The smallest absolute Gasteiger partial charge is 0.165 e. The number of benzene rings is 1. The first-order valence-electron chi connectivity index (χ1n) is 6.79. The van der Waals surface area contributed by atoms with Crippen molar-refractivity contribution in [2.75, 3.05) is 7.11 Å². The van der Waals surface area contributed by atoms with Crippen molar-refractivity contribution < 1.29 is 9.13 Å². The number of nitrogens with one attached hydrogen (secondary N) is 1. The Labute approximate surface area is 124 Å². The third kappa shape index (κ3) is 4.23. The van der Waals surface area contributed by atoms with Crippen molar-refractivity contribution in [1.82, 2.24) is 15.3 Å². The molecular formula is C16H20FN3O. The van der Waals surface area contributed by atoms with Crippen LogP contribution >= 0.6 is 0 Å². The number of rotatable bonds is 4. The molecule has 5 heteroatoms. The molecule has 0 aliphatic rings. The van der Waals surface area contributed by atoms with Gasteiger partial charge in [0, 0.05) is 35.6 Å². The molecule has 0 atom stereocenters. The van der Waals surface area contributed by atoms with Crippen LogP contribution in [-0.4, -0.2) is 22.6 Å². The first-order valence-corrected chi connectivity index (χ1v) is 6.79. The fraction of sp³-hybridized carbons (Fsp3) is 0.375. The van der Waals surface area contributed by atoms with Gasteiger partial charge in [-0.05, 0) is 39.0 Å². The Kier molecular flexibility index (Phi) is 4.53. The molecule has 4 nitrogen and oxygen atoms in total. The second-order valence-electron chi connectivity index (χ2n) is 5.87. The maximum atomic E-state index is 13.4. The summed E-state index contributed by atoms with van der Waals surface area (Å²) in [4.78, 5) is 8.65. The van der Waals surface area contributed by atoms with Crippen LogP contribution in [0.15, 0.2) is 30.6 Å². The fourth-order valence-electron chi connectivity index (χ4n) is 1.76. The molecule has 0 saturated heterocycles. The SMILES string of the molecule is COc1cc(-c2ncc(CNC(C)(C)C)cn2)ccc1F. The maximum absolute atomic E-state index is 13.4. The molecule has 0 spiro atoms. The van der Waals surface area contributed by atoms with Gasteiger partial charge in [0.05, 0.1) is 7.11 Å². The minimum absolute atomic E-state index is 0.0446. The van der Waals surface area contributed by atoms with E-state index in [9.17, 15) is 4.39 Å². The van der Waals surface area contributed by atoms with E-state index in [4.69, 9.17) is 4.74 Å². The maximum Gasteiger partial charge on any atom is 0.165 e. The van der Waals surface area contributed by atoms with Crippen LogP contribution in [0.1, 0.15) is 26.3 Å². The zero-order valence-electron chi connectivity index (χ0n) is 12.8. The highest BCUT2D eigenvalue weighted by molar-refractivity contribution is 5.57. The van der Waals surface area contributed by atoms with Gasteiger partial charge in [0.2, 0.25) is 0 Å². The molecular weight excluding hydrogens is 269 g/mol. The van der Waals surface area contributed by atoms with Crippen molar-refractivity contribution in [2.24, 2.45) is 0 Å². The molecule has 0 bridgehead atoms. The molecule has 0 aliphatic heterocycles. The molecule has 112 valence electrons. The summed E-state index contributed by atoms with van der Waals surface area (Å²) < 4.78 is 18.4. The predicted molar refractivity (Wildman–Crippen MR) is 80.6 cm³/mol. The fourth-order valence-corrected chi connectivity index (χ4v) is 1.76. The summed E-state index contributed by atoms with van der Waals surface area (Å²) in [6.45, 7) is 7.02. The van der Waals surface area contributed by atoms with Crippen molar-refractivity contribution >= 4 is 0 Å². The molecule has 0 fully saturated rings. The zero-order valence-corrected chi connectivity index (χ0v) is 12.8. The largest absolute Gasteiger partial charge is 0.494 e. The number of hydrogen-bond donors (Lipinski definition) is 1. The minimum Gasteiger partial charge on any atom is -0.494 e. The second kappa shape index (κ2) is 6.18. The van der Waals surface area contributed by atoms with Crippen LogP contribution in [0.25, 0.3) is 11.4 Å². The Hall–Kier alpha value is -2.01. The molecule has 0 radical (unpaired) electrons. The van der Waals surface area contributed by atoms with E-state index in [2.05, 4.69) is 36.1 Å². The number of hydrogen-bond acceptors (Lipinski definition) is 4. The lowest BCUT2D eigenvalue weighted by molar-refractivity contribution is 0.386. The molecule has 0 saturated carbocycles. The van der Waals surface area contributed by atoms with Gasteiger partial charge in [0.15, 0.2) is 17.4 Å². The molecule has 0 amide bonds. The summed E-state index contributed by atoms with van der Waals surface area (Å²) in [5.74, 6) is 0.342. The Balaban J connectivity index is 2.15. The van der Waals surface area contributed by atoms with Gasteiger partial charge in [0.1, 0.15) is 0 Å². The van der Waals surface area contributed by atoms with Gasteiger partial charge in [0.25, 0.3) is 0 Å². The first-order chi connectivity index (χ1) is 9.89. The van der Waals surface area contributed by atoms with Crippen molar-refractivity contribution in [2.45, 2.75) is 32.9 Å². The summed E-state index contributed by atoms with van der Waals surface area (Å²) in [6, 6.07) is 4.59. The highest BCUT2D eigenvalue weighted by atomic mass is 19.1. The molecule has 1 heterocycles. The Morgan fingerprint density at radius 2 is 1.86 bits per heavy atom. The topological polar surface area (TPSA) is 47.0 Å². The van der Waals surface area contributed by atoms with E-state index < -0.39 is 5.82 Å². The molecule has 2 rings (SSSR count). The quantitative estimate of drug-likeness (QED) is 0.939. The summed E-state index contributed by atoms with van der Waals surface area (Å²) in [6.07, 6.45) is 3.55. The lowest BCUT2D eigenvalue weighted by atomic mass is 10.1. The summed E-state index contributed by atoms with van der Waals surface area (Å²) in [5.41, 5.74) is 1.77. The number of halogens is 1. The zero-order chi connectivity index (χ0) is 15.5. The molecule has 1 N–H and O–H groups in total. The normalized spacial score (nSPS) is 11.5. The van der Waals surface area contributed by atoms with Gasteiger partial charge in [-0.1, -0.05) is 0 Å². The van der Waals surface area contributed by atoms with Crippen LogP contribution in [0.3, 0.4) is 0 Å². The van der Waals surface area contributed by atoms with Gasteiger partial charge in [-0.3, -0.25) is 0 Å². The Morgan fingerprint density at radius 3 is 2.43 bits per heavy atom. The van der Waals surface area contributed by atoms with Crippen molar-refractivity contribution in [3.8, 4) is 17.1 Å². The van der Waals surface area contributed by atoms with Crippen molar-refractivity contribution in [3.63, 3.8) is 0 Å². The van der Waals surface area contributed by atoms with E-state index in [-0.39, 0.29) is 11.3 Å². The minimum atomic E-state index is -0.396. The van der Waals surface area contributed by atoms with E-state index in [1.54, 1.807) is 24.5 Å². The van der Waals surface area contributed by atoms with Crippen LogP contribution in [-0.2, 0) is 6.54 Å². The Morgan fingerprint density at radius 1 is 1.19 bits per heavy atom. The summed E-state index contributed by atoms with van der Waals surface area (Å²) in [7, 11) is 1.43. The average Bonchev–Trinajstić information content (AvgIpc) is 2.45. The molecule has 0 aliphatic carbocycles. The lowest BCUT2D eigenvalue weighted by Gasteiger charge is -2.20. The summed E-state index contributed by atoms with van der Waals surface area (Å²) in [5, 5.41) is 3.37. The monoisotopic (exact) mass is 289 g/mol. The predicted octanol–water partition coefficient (Wildman–Crippen LogP) is 3.18. The molecule has 1 aromatic carbocycles. The van der Waals surface area contributed by atoms with Gasteiger partial charge >= 0.3 is 0 Å². The van der Waals surface area contributed by atoms with Gasteiger partial charge in [-0.2, -0.15) is 0 Å². The van der Waals surface area contributed by atoms with Gasteiger partial charge in [-0.25, -0.2) is 14.4 Å². The average molecular weight is 289 g/mol. The van der Waals surface area contributed by atoms with Crippen LogP contribution in [0.5, 0.6) is 5.75 Å². The standard InChI is InChI=1S/C16H20FN3O/c1-16(2,3)20-10-11-8-18-15(19-9-11)12-5-6-13(17)14(7-12)21-4/h5-9,20H,10H2,1-4H3. The molecule has 21 heavy (non-hydrogen) atoms. The van der Waals surface area contributed by atoms with Crippen molar-refractivity contribution in [1.29, 1.82) is 0 Å². The molecule has 2 aromatic rings. The number of nitrogens with zero attached hydrogens (tertiary/aromatic N) is 2. The third-order valence-electron chi connectivity index (χ3n) is 2.94. The van der Waals surface area contributed by atoms with Gasteiger partial charge in [-0.15, -0.1) is 0 Å². The van der Waals surface area contributed by atoms with Crippen LogP contribution in [0, 0.1) is 5.82 Å². The van der Waals surface area contributed by atoms with Crippen LogP contribution in [0.2, 0.25) is 0 Å². The highest BCUT2D eigenvalue weighted by Crippen LogP contribution is 2.23. The molecule has 1 aromatic heterocycles. The number of aromatic nitrogens is 2. The number of ether oxygens (including phenoxy) is 1. The van der Waals surface area contributed by atoms with Gasteiger partial charge < -0.3 is 10.1 Å². The van der Waals surface area contributed by atoms with E-state index >= 15 is 0 Å². The van der Waals surface area contributed by atoms with E-state index in [0.717, 1.165) is 11.1 Å².